The predicted octanol–water partition coefficient (Wildman–Crippen LogP) is 1.57. The van der Waals surface area contributed by atoms with Gasteiger partial charge in [-0.3, -0.25) is 28.8 Å². The Balaban J connectivity index is 1.77. The van der Waals surface area contributed by atoms with Gasteiger partial charge in [0, 0.05) is 29.9 Å². The molecule has 2 aromatic carbocycles. The average Bonchev–Trinajstić information content (AvgIpc) is 3.44. The van der Waals surface area contributed by atoms with Gasteiger partial charge >= 0.3 is 5.97 Å². The van der Waals surface area contributed by atoms with Crippen molar-refractivity contribution in [1.82, 2.24) is 31.6 Å². The fraction of sp³-hybridized carbons (Fsp3) is 0.429. The van der Waals surface area contributed by atoms with Crippen molar-refractivity contribution >= 4 is 46.4 Å². The quantitative estimate of drug-likeness (QED) is 0.181. The van der Waals surface area contributed by atoms with Gasteiger partial charge in [0.1, 0.15) is 30.2 Å². The third-order valence-corrected chi connectivity index (χ3v) is 8.25. The minimum atomic E-state index is -1.58. The van der Waals surface area contributed by atoms with E-state index in [0.29, 0.717) is 11.1 Å². The molecule has 0 radical (unpaired) electrons. The topological polar surface area (TPSA) is 199 Å². The molecule has 3 aromatic rings. The molecular formula is C35H44N6O7. The van der Waals surface area contributed by atoms with Crippen molar-refractivity contribution < 1.29 is 33.9 Å². The monoisotopic (exact) mass is 660 g/mol. The Bertz CT molecular complexity index is 1640. The van der Waals surface area contributed by atoms with Gasteiger partial charge in [0.25, 0.3) is 0 Å². The number of aliphatic carboxylic acids is 1. The summed E-state index contributed by atoms with van der Waals surface area (Å²) in [6, 6.07) is 10.1. The molecule has 2 heterocycles. The number of nitrogens with one attached hydrogen (secondary N) is 6. The van der Waals surface area contributed by atoms with Crippen LogP contribution in [0, 0.1) is 11.8 Å². The van der Waals surface area contributed by atoms with E-state index in [-0.39, 0.29) is 25.2 Å². The molecule has 256 valence electrons. The predicted molar refractivity (Wildman–Crippen MR) is 178 cm³/mol. The summed E-state index contributed by atoms with van der Waals surface area (Å²) in [5, 5.41) is 23.9. The molecule has 1 fully saturated rings. The standard InChI is InChI=1S/C35H44N6O7/c1-19(2)14-25-31(44)38-27(16-22-18-36-24-13-9-8-12-23(22)24)32(45)39-28(17-29(42)43)33(46)37-26(15-21-10-6-5-7-11-21)34(47)41-30(20(3)4)35(48)40-25/h5-13,18-20,25-28,30,36H,14-17H2,1-4H3,(H,37,46)(H,38,44)(H,39,45)(H,40,48)(H,41,47)(H,42,43)/t25-,26-,27+,28+,30+/m0/s1. The second-order valence-corrected chi connectivity index (χ2v) is 13.0. The molecule has 1 saturated heterocycles. The first-order valence-electron chi connectivity index (χ1n) is 16.1. The average molecular weight is 661 g/mol. The lowest BCUT2D eigenvalue weighted by Crippen LogP contribution is -2.59. The third-order valence-electron chi connectivity index (χ3n) is 8.25. The molecular weight excluding hydrogens is 616 g/mol. The van der Waals surface area contributed by atoms with Gasteiger partial charge < -0.3 is 36.7 Å². The normalized spacial score (nSPS) is 23.0. The molecule has 0 saturated carbocycles. The van der Waals surface area contributed by atoms with Gasteiger partial charge in [-0.15, -0.1) is 0 Å². The molecule has 13 nitrogen and oxygen atoms in total. The number of aromatic amines is 1. The number of carbonyl (C=O) groups excluding carboxylic acids is 5. The van der Waals surface area contributed by atoms with E-state index >= 15 is 0 Å². The first-order chi connectivity index (χ1) is 22.8. The van der Waals surface area contributed by atoms with Crippen LogP contribution in [0.4, 0.5) is 0 Å². The van der Waals surface area contributed by atoms with Crippen LogP contribution in [0.15, 0.2) is 60.8 Å². The zero-order valence-electron chi connectivity index (χ0n) is 27.5. The van der Waals surface area contributed by atoms with Crippen molar-refractivity contribution in [3.63, 3.8) is 0 Å². The Hall–Kier alpha value is -5.20. The molecule has 0 unspecified atom stereocenters. The number of carboxylic acid groups (broad SMARTS) is 1. The number of H-pyrrole nitrogens is 1. The zero-order chi connectivity index (χ0) is 35.0. The van der Waals surface area contributed by atoms with Crippen LogP contribution >= 0.6 is 0 Å². The summed E-state index contributed by atoms with van der Waals surface area (Å²) in [6.45, 7) is 7.25. The van der Waals surface area contributed by atoms with Crippen molar-refractivity contribution in [3.8, 4) is 0 Å². The van der Waals surface area contributed by atoms with Crippen LogP contribution in [0.1, 0.15) is 51.7 Å². The Labute approximate surface area is 279 Å². The van der Waals surface area contributed by atoms with E-state index in [9.17, 15) is 33.9 Å². The highest BCUT2D eigenvalue weighted by Gasteiger charge is 2.36. The second-order valence-electron chi connectivity index (χ2n) is 13.0. The number of carbonyl (C=O) groups is 6. The molecule has 0 aliphatic carbocycles. The van der Waals surface area contributed by atoms with Crippen LogP contribution in [0.3, 0.4) is 0 Å². The first-order valence-corrected chi connectivity index (χ1v) is 16.1. The summed E-state index contributed by atoms with van der Waals surface area (Å²) in [5.41, 5.74) is 2.21. The number of carboxylic acids is 1. The van der Waals surface area contributed by atoms with Crippen molar-refractivity contribution in [3.05, 3.63) is 71.9 Å². The number of rotatable bonds is 9. The summed E-state index contributed by atoms with van der Waals surface area (Å²) in [5.74, 6) is -5.42. The van der Waals surface area contributed by atoms with Crippen LogP contribution in [-0.2, 0) is 41.6 Å². The van der Waals surface area contributed by atoms with Crippen molar-refractivity contribution in [2.45, 2.75) is 83.6 Å². The van der Waals surface area contributed by atoms with Crippen molar-refractivity contribution in [1.29, 1.82) is 0 Å². The highest BCUT2D eigenvalue weighted by molar-refractivity contribution is 5.99. The van der Waals surface area contributed by atoms with E-state index in [2.05, 4.69) is 31.6 Å². The summed E-state index contributed by atoms with van der Waals surface area (Å²) in [7, 11) is 0. The van der Waals surface area contributed by atoms with E-state index in [1.807, 2.05) is 38.1 Å². The number of para-hydroxylation sites is 1. The van der Waals surface area contributed by atoms with E-state index in [0.717, 1.165) is 10.9 Å². The molecule has 13 heteroatoms. The highest BCUT2D eigenvalue weighted by Crippen LogP contribution is 2.20. The van der Waals surface area contributed by atoms with E-state index in [1.54, 1.807) is 50.4 Å². The minimum Gasteiger partial charge on any atom is -0.481 e. The molecule has 1 aliphatic rings. The summed E-state index contributed by atoms with van der Waals surface area (Å²) >= 11 is 0. The van der Waals surface area contributed by atoms with Crippen LogP contribution in [0.2, 0.25) is 0 Å². The molecule has 48 heavy (non-hydrogen) atoms. The van der Waals surface area contributed by atoms with Crippen LogP contribution in [0.25, 0.3) is 10.9 Å². The fourth-order valence-electron chi connectivity index (χ4n) is 5.74. The number of amides is 5. The maximum absolute atomic E-state index is 13.9. The van der Waals surface area contributed by atoms with Gasteiger partial charge in [0.2, 0.25) is 29.5 Å². The summed E-state index contributed by atoms with van der Waals surface area (Å²) in [4.78, 5) is 83.8. The number of hydrogen-bond acceptors (Lipinski definition) is 6. The third kappa shape index (κ3) is 9.43. The van der Waals surface area contributed by atoms with E-state index in [4.69, 9.17) is 0 Å². The number of hydrogen-bond donors (Lipinski definition) is 7. The Morgan fingerprint density at radius 2 is 1.21 bits per heavy atom. The SMILES string of the molecule is CC(C)C[C@@H]1NC(=O)[C@@H](C(C)C)NC(=O)[C@H](Cc2ccccc2)NC(=O)[C@@H](CC(=O)O)NC(=O)[C@@H](Cc2c[nH]c3ccccc23)NC1=O. The lowest BCUT2D eigenvalue weighted by molar-refractivity contribution is -0.141. The summed E-state index contributed by atoms with van der Waals surface area (Å²) < 4.78 is 0. The Morgan fingerprint density at radius 3 is 1.85 bits per heavy atom. The van der Waals surface area contributed by atoms with Gasteiger partial charge in [0.15, 0.2) is 0 Å². The highest BCUT2D eigenvalue weighted by atomic mass is 16.4. The van der Waals surface area contributed by atoms with Gasteiger partial charge in [-0.05, 0) is 35.4 Å². The molecule has 5 atom stereocenters. The lowest BCUT2D eigenvalue weighted by Gasteiger charge is -2.28. The van der Waals surface area contributed by atoms with E-state index < -0.39 is 78.1 Å². The number of fused-ring (bicyclic) bond motifs is 1. The van der Waals surface area contributed by atoms with Crippen molar-refractivity contribution in [2.24, 2.45) is 11.8 Å². The minimum absolute atomic E-state index is 0.00334. The maximum atomic E-state index is 13.9. The second kappa shape index (κ2) is 16.1. The van der Waals surface area contributed by atoms with Gasteiger partial charge in [0.05, 0.1) is 6.42 Å². The molecule has 1 aliphatic heterocycles. The van der Waals surface area contributed by atoms with E-state index in [1.165, 1.54) is 0 Å². The molecule has 5 amide bonds. The smallest absolute Gasteiger partial charge is 0.305 e. The number of benzene rings is 2. The lowest BCUT2D eigenvalue weighted by atomic mass is 9.98. The first kappa shape index (κ1) is 35.7. The zero-order valence-corrected chi connectivity index (χ0v) is 27.5. The van der Waals surface area contributed by atoms with Crippen LogP contribution < -0.4 is 26.6 Å². The molecule has 0 bridgehead atoms. The summed E-state index contributed by atoms with van der Waals surface area (Å²) in [6.07, 6.45) is 1.19. The van der Waals surface area contributed by atoms with Gasteiger partial charge in [-0.25, -0.2) is 0 Å². The van der Waals surface area contributed by atoms with Crippen LogP contribution in [0.5, 0.6) is 0 Å². The van der Waals surface area contributed by atoms with Gasteiger partial charge in [-0.2, -0.15) is 0 Å². The maximum Gasteiger partial charge on any atom is 0.305 e. The van der Waals surface area contributed by atoms with Crippen LogP contribution in [-0.4, -0.2) is 75.8 Å². The Kier molecular flexibility index (Phi) is 11.9. The molecule has 7 N–H and O–H groups in total. The Morgan fingerprint density at radius 1 is 0.667 bits per heavy atom. The van der Waals surface area contributed by atoms with Crippen molar-refractivity contribution in [2.75, 3.05) is 0 Å². The molecule has 4 rings (SSSR count). The molecule has 1 aromatic heterocycles. The fourth-order valence-corrected chi connectivity index (χ4v) is 5.74. The number of aromatic nitrogens is 1. The molecule has 0 spiro atoms. The van der Waals surface area contributed by atoms with Gasteiger partial charge in [-0.1, -0.05) is 76.2 Å². The largest absolute Gasteiger partial charge is 0.481 e.